The van der Waals surface area contributed by atoms with Crippen molar-refractivity contribution < 1.29 is 9.53 Å². The van der Waals surface area contributed by atoms with E-state index >= 15 is 0 Å². The highest BCUT2D eigenvalue weighted by molar-refractivity contribution is 5.89. The van der Waals surface area contributed by atoms with Gasteiger partial charge in [0.05, 0.1) is 7.11 Å². The first-order valence-electron chi connectivity index (χ1n) is 11.5. The van der Waals surface area contributed by atoms with E-state index in [-0.39, 0.29) is 6.03 Å². The van der Waals surface area contributed by atoms with E-state index in [2.05, 4.69) is 62.9 Å². The molecule has 3 aromatic rings. The highest BCUT2D eigenvalue weighted by Crippen LogP contribution is 2.18. The van der Waals surface area contributed by atoms with Crippen molar-refractivity contribution in [1.29, 1.82) is 0 Å². The number of methoxy groups -OCH3 is 1. The summed E-state index contributed by atoms with van der Waals surface area (Å²) in [6.07, 6.45) is 0.772. The summed E-state index contributed by atoms with van der Waals surface area (Å²) >= 11 is 0. The van der Waals surface area contributed by atoms with Crippen molar-refractivity contribution >= 4 is 17.4 Å². The molecule has 1 aliphatic rings. The molecule has 0 radical (unpaired) electrons. The second-order valence-corrected chi connectivity index (χ2v) is 8.27. The van der Waals surface area contributed by atoms with E-state index in [4.69, 9.17) is 4.74 Å². The molecular weight excluding hydrogens is 412 g/mol. The predicted octanol–water partition coefficient (Wildman–Crippen LogP) is 4.38. The Balaban J connectivity index is 1.17. The molecule has 0 aliphatic carbocycles. The number of benzene rings is 3. The first kappa shape index (κ1) is 22.7. The van der Waals surface area contributed by atoms with Crippen molar-refractivity contribution in [2.75, 3.05) is 50.1 Å². The average Bonchev–Trinajstić information content (AvgIpc) is 2.87. The van der Waals surface area contributed by atoms with Crippen molar-refractivity contribution in [3.63, 3.8) is 0 Å². The standard InChI is InChI=1S/C27H32N4O2/c1-33-26-13-9-22(10-14-26)15-16-28-27(32)29-24-11-7-23(8-12-24)21-30-17-19-31(20-18-30)25-5-3-2-4-6-25/h2-14H,15-21H2,1H3,(H2,28,29,32). The fourth-order valence-corrected chi connectivity index (χ4v) is 4.04. The molecular formula is C27H32N4O2. The number of nitrogens with one attached hydrogen (secondary N) is 2. The molecule has 0 aromatic heterocycles. The van der Waals surface area contributed by atoms with E-state index in [1.165, 1.54) is 11.3 Å². The molecule has 172 valence electrons. The van der Waals surface area contributed by atoms with E-state index < -0.39 is 0 Å². The third-order valence-electron chi connectivity index (χ3n) is 5.97. The van der Waals surface area contributed by atoms with Gasteiger partial charge in [-0.3, -0.25) is 4.90 Å². The summed E-state index contributed by atoms with van der Waals surface area (Å²) in [6.45, 7) is 5.68. The fraction of sp³-hybridized carbons (Fsp3) is 0.296. The monoisotopic (exact) mass is 444 g/mol. The van der Waals surface area contributed by atoms with Crippen LogP contribution < -0.4 is 20.3 Å². The van der Waals surface area contributed by atoms with Gasteiger partial charge in [0.15, 0.2) is 0 Å². The second-order valence-electron chi connectivity index (χ2n) is 8.27. The summed E-state index contributed by atoms with van der Waals surface area (Å²) in [5.74, 6) is 0.836. The van der Waals surface area contributed by atoms with Crippen LogP contribution in [0.15, 0.2) is 78.9 Å². The molecule has 0 bridgehead atoms. The largest absolute Gasteiger partial charge is 0.497 e. The molecule has 0 saturated carbocycles. The maximum Gasteiger partial charge on any atom is 0.319 e. The molecule has 33 heavy (non-hydrogen) atoms. The minimum Gasteiger partial charge on any atom is -0.497 e. The molecule has 4 rings (SSSR count). The average molecular weight is 445 g/mol. The summed E-state index contributed by atoms with van der Waals surface area (Å²) in [7, 11) is 1.65. The molecule has 6 nitrogen and oxygen atoms in total. The number of urea groups is 1. The van der Waals surface area contributed by atoms with Crippen LogP contribution >= 0.6 is 0 Å². The Labute approximate surface area is 196 Å². The lowest BCUT2D eigenvalue weighted by Crippen LogP contribution is -2.45. The van der Waals surface area contributed by atoms with Crippen LogP contribution in [-0.4, -0.2) is 50.8 Å². The first-order chi connectivity index (χ1) is 16.2. The molecule has 1 heterocycles. The molecule has 1 saturated heterocycles. The van der Waals surface area contributed by atoms with Crippen LogP contribution in [0.1, 0.15) is 11.1 Å². The lowest BCUT2D eigenvalue weighted by Gasteiger charge is -2.36. The molecule has 1 aliphatic heterocycles. The summed E-state index contributed by atoms with van der Waals surface area (Å²) in [4.78, 5) is 17.1. The zero-order valence-corrected chi connectivity index (χ0v) is 19.2. The van der Waals surface area contributed by atoms with E-state index in [9.17, 15) is 4.79 Å². The van der Waals surface area contributed by atoms with Gasteiger partial charge in [0.1, 0.15) is 5.75 Å². The van der Waals surface area contributed by atoms with E-state index in [1.807, 2.05) is 36.4 Å². The maximum atomic E-state index is 12.2. The van der Waals surface area contributed by atoms with Crippen LogP contribution in [0.4, 0.5) is 16.2 Å². The van der Waals surface area contributed by atoms with Crippen molar-refractivity contribution in [3.05, 3.63) is 90.0 Å². The van der Waals surface area contributed by atoms with Gasteiger partial charge in [-0.25, -0.2) is 4.79 Å². The number of piperazine rings is 1. The van der Waals surface area contributed by atoms with Crippen LogP contribution in [0.3, 0.4) is 0 Å². The van der Waals surface area contributed by atoms with Gasteiger partial charge in [0.2, 0.25) is 0 Å². The number of ether oxygens (including phenoxy) is 1. The molecule has 0 atom stereocenters. The Kier molecular flexibility index (Phi) is 7.82. The van der Waals surface area contributed by atoms with Gasteiger partial charge in [-0.1, -0.05) is 42.5 Å². The van der Waals surface area contributed by atoms with E-state index in [1.54, 1.807) is 7.11 Å². The smallest absolute Gasteiger partial charge is 0.319 e. The number of carbonyl (C=O) groups excluding carboxylic acids is 1. The quantitative estimate of drug-likeness (QED) is 0.541. The molecule has 2 N–H and O–H groups in total. The number of para-hydroxylation sites is 1. The van der Waals surface area contributed by atoms with E-state index in [0.29, 0.717) is 6.54 Å². The Bertz CT molecular complexity index is 999. The topological polar surface area (TPSA) is 56.8 Å². The third kappa shape index (κ3) is 6.73. The zero-order valence-electron chi connectivity index (χ0n) is 19.2. The van der Waals surface area contributed by atoms with Gasteiger partial charge in [-0.15, -0.1) is 0 Å². The van der Waals surface area contributed by atoms with Crippen LogP contribution in [-0.2, 0) is 13.0 Å². The SMILES string of the molecule is COc1ccc(CCNC(=O)Nc2ccc(CN3CCN(c4ccccc4)CC3)cc2)cc1. The normalized spacial score (nSPS) is 14.0. The molecule has 3 aromatic carbocycles. The highest BCUT2D eigenvalue weighted by Gasteiger charge is 2.17. The highest BCUT2D eigenvalue weighted by atomic mass is 16.5. The number of carbonyl (C=O) groups is 1. The van der Waals surface area contributed by atoms with Gasteiger partial charge in [0.25, 0.3) is 0 Å². The van der Waals surface area contributed by atoms with Gasteiger partial charge < -0.3 is 20.3 Å². The summed E-state index contributed by atoms with van der Waals surface area (Å²) < 4.78 is 5.17. The van der Waals surface area contributed by atoms with Crippen molar-refractivity contribution in [3.8, 4) is 5.75 Å². The first-order valence-corrected chi connectivity index (χ1v) is 11.5. The Morgan fingerprint density at radius 2 is 1.52 bits per heavy atom. The summed E-state index contributed by atoms with van der Waals surface area (Å²) in [5.41, 5.74) is 4.52. The fourth-order valence-electron chi connectivity index (χ4n) is 4.04. The van der Waals surface area contributed by atoms with Gasteiger partial charge >= 0.3 is 6.03 Å². The van der Waals surface area contributed by atoms with Crippen LogP contribution in [0.5, 0.6) is 5.75 Å². The zero-order chi connectivity index (χ0) is 22.9. The number of rotatable bonds is 8. The summed E-state index contributed by atoms with van der Waals surface area (Å²) in [6, 6.07) is 26.4. The van der Waals surface area contributed by atoms with Gasteiger partial charge in [-0.2, -0.15) is 0 Å². The van der Waals surface area contributed by atoms with Crippen LogP contribution in [0.25, 0.3) is 0 Å². The minimum atomic E-state index is -0.187. The lowest BCUT2D eigenvalue weighted by atomic mass is 10.1. The molecule has 2 amide bonds. The number of hydrogen-bond donors (Lipinski definition) is 2. The molecule has 0 unspecified atom stereocenters. The predicted molar refractivity (Wildman–Crippen MR) is 134 cm³/mol. The Morgan fingerprint density at radius 1 is 0.848 bits per heavy atom. The number of nitrogens with zero attached hydrogens (tertiary/aromatic N) is 2. The van der Waals surface area contributed by atoms with Gasteiger partial charge in [-0.05, 0) is 53.9 Å². The van der Waals surface area contributed by atoms with Crippen LogP contribution in [0.2, 0.25) is 0 Å². The number of anilines is 2. The van der Waals surface area contributed by atoms with Crippen LogP contribution in [0, 0.1) is 0 Å². The third-order valence-corrected chi connectivity index (χ3v) is 5.97. The molecule has 6 heteroatoms. The number of amides is 2. The summed E-state index contributed by atoms with van der Waals surface area (Å²) in [5, 5.41) is 5.82. The molecule has 1 fully saturated rings. The molecule has 0 spiro atoms. The minimum absolute atomic E-state index is 0.187. The van der Waals surface area contributed by atoms with Crippen molar-refractivity contribution in [1.82, 2.24) is 10.2 Å². The second kappa shape index (κ2) is 11.4. The van der Waals surface area contributed by atoms with E-state index in [0.717, 1.165) is 56.1 Å². The van der Waals surface area contributed by atoms with Gasteiger partial charge in [0, 0.05) is 50.6 Å². The Morgan fingerprint density at radius 3 is 2.18 bits per heavy atom. The van der Waals surface area contributed by atoms with Crippen molar-refractivity contribution in [2.24, 2.45) is 0 Å². The van der Waals surface area contributed by atoms with Crippen molar-refractivity contribution in [2.45, 2.75) is 13.0 Å². The number of hydrogen-bond acceptors (Lipinski definition) is 4. The lowest BCUT2D eigenvalue weighted by molar-refractivity contribution is 0.250. The Hall–Kier alpha value is -3.51. The maximum absolute atomic E-state index is 12.2.